The van der Waals surface area contributed by atoms with Gasteiger partial charge in [0.05, 0.1) is 1.37 Å². The lowest BCUT2D eigenvalue weighted by Gasteiger charge is -2.06. The van der Waals surface area contributed by atoms with Crippen LogP contribution in [-0.4, -0.2) is 0 Å². The largest absolute Gasteiger partial charge is 0.0636 e. The molecule has 0 N–H and O–H groups in total. The summed E-state index contributed by atoms with van der Waals surface area (Å²) in [7, 11) is 0. The molecule has 3 aromatic carbocycles. The van der Waals surface area contributed by atoms with Gasteiger partial charge in [-0.05, 0) is 40.1 Å². The molecule has 0 aliphatic rings. The Kier molecular flexibility index (Phi) is 1.54. The van der Waals surface area contributed by atoms with Gasteiger partial charge in [-0.2, -0.15) is 0 Å². The van der Waals surface area contributed by atoms with Crippen molar-refractivity contribution in [2.75, 3.05) is 0 Å². The zero-order valence-corrected chi connectivity index (χ0v) is 8.62. The van der Waals surface area contributed by atoms with Crippen molar-refractivity contribution in [2.45, 2.75) is 6.92 Å². The van der Waals surface area contributed by atoms with Crippen molar-refractivity contribution < 1.29 is 1.37 Å². The van der Waals surface area contributed by atoms with Gasteiger partial charge in [-0.3, -0.25) is 0 Å². The van der Waals surface area contributed by atoms with Crippen LogP contribution in [0.15, 0.2) is 54.6 Å². The van der Waals surface area contributed by atoms with Crippen LogP contribution in [0.2, 0.25) is 0 Å². The molecule has 72 valence electrons. The molecule has 0 saturated heterocycles. The predicted octanol–water partition coefficient (Wildman–Crippen LogP) is 4.30. The molecule has 0 unspecified atom stereocenters. The van der Waals surface area contributed by atoms with E-state index in [0.29, 0.717) is 6.04 Å². The summed E-state index contributed by atoms with van der Waals surface area (Å²) in [6, 6.07) is 16.9. The zero-order chi connectivity index (χ0) is 11.1. The van der Waals surface area contributed by atoms with Crippen molar-refractivity contribution in [3.05, 3.63) is 60.1 Å². The lowest BCUT2D eigenvalue weighted by Crippen LogP contribution is -1.81. The summed E-state index contributed by atoms with van der Waals surface area (Å²) in [5, 5.41) is 4.45. The highest BCUT2D eigenvalue weighted by molar-refractivity contribution is 6.01. The monoisotopic (exact) mass is 194 g/mol. The Bertz CT molecular complexity index is 566. The molecule has 15 heavy (non-hydrogen) atoms. The first kappa shape index (κ1) is 7.47. The highest BCUT2D eigenvalue weighted by Crippen LogP contribution is 2.27. The van der Waals surface area contributed by atoms with Gasteiger partial charge in [0.2, 0.25) is 0 Å². The zero-order valence-electron chi connectivity index (χ0n) is 9.62. The Morgan fingerprint density at radius 3 is 1.80 bits per heavy atom. The van der Waals surface area contributed by atoms with E-state index in [0.717, 1.165) is 10.8 Å². The van der Waals surface area contributed by atoms with Gasteiger partial charge in [-0.15, -0.1) is 0 Å². The van der Waals surface area contributed by atoms with E-state index in [9.17, 15) is 0 Å². The van der Waals surface area contributed by atoms with E-state index in [4.69, 9.17) is 1.37 Å². The standard InChI is InChI=1S/C15H12/c1-11-14-8-4-2-6-12(14)10-13-7-3-5-9-15(11)13/h2-10H,1H3/i10T. The van der Waals surface area contributed by atoms with Crippen LogP contribution < -0.4 is 0 Å². The first-order valence-corrected chi connectivity index (χ1v) is 5.15. The summed E-state index contributed by atoms with van der Waals surface area (Å²) in [6.45, 7) is 2.13. The molecule has 3 rings (SSSR count). The Hall–Kier alpha value is -1.82. The Labute approximate surface area is 90.6 Å². The van der Waals surface area contributed by atoms with E-state index in [1.54, 1.807) is 0 Å². The molecule has 0 heteroatoms. The summed E-state index contributed by atoms with van der Waals surface area (Å²) in [6.07, 6.45) is 0. The lowest BCUT2D eigenvalue weighted by molar-refractivity contribution is 1.58. The fourth-order valence-electron chi connectivity index (χ4n) is 2.13. The molecule has 3 aromatic rings. The van der Waals surface area contributed by atoms with Gasteiger partial charge in [-0.1, -0.05) is 48.5 Å². The first-order chi connectivity index (χ1) is 7.79. The van der Waals surface area contributed by atoms with Crippen LogP contribution in [0.4, 0.5) is 0 Å². The summed E-state index contributed by atoms with van der Waals surface area (Å²) in [5.41, 5.74) is 1.27. The molecular weight excluding hydrogens is 180 g/mol. The van der Waals surface area contributed by atoms with Crippen LogP contribution in [0.1, 0.15) is 6.93 Å². The van der Waals surface area contributed by atoms with Crippen LogP contribution >= 0.6 is 0 Å². The molecule has 0 heterocycles. The molecular formula is C15H12. The molecule has 0 atom stereocenters. The first-order valence-electron chi connectivity index (χ1n) is 5.65. The second-order valence-corrected chi connectivity index (χ2v) is 3.84. The molecule has 0 amide bonds. The molecule has 0 spiro atoms. The Balaban J connectivity index is 2.67. The van der Waals surface area contributed by atoms with E-state index in [2.05, 4.69) is 19.1 Å². The summed E-state index contributed by atoms with van der Waals surface area (Å²) in [4.78, 5) is 0. The average molecular weight is 194 g/mol. The minimum absolute atomic E-state index is 0.636. The van der Waals surface area contributed by atoms with Gasteiger partial charge >= 0.3 is 0 Å². The van der Waals surface area contributed by atoms with Crippen molar-refractivity contribution in [3.63, 3.8) is 0 Å². The molecule has 0 bridgehead atoms. The van der Waals surface area contributed by atoms with Crippen molar-refractivity contribution in [2.24, 2.45) is 0 Å². The number of rotatable bonds is 0. The van der Waals surface area contributed by atoms with E-state index in [1.807, 2.05) is 36.4 Å². The van der Waals surface area contributed by atoms with Crippen LogP contribution in [0.25, 0.3) is 21.5 Å². The third kappa shape index (κ3) is 1.22. The molecule has 0 aliphatic heterocycles. The molecule has 0 radical (unpaired) electrons. The minimum atomic E-state index is 0.636. The fourth-order valence-corrected chi connectivity index (χ4v) is 2.13. The van der Waals surface area contributed by atoms with Gasteiger partial charge in [0.1, 0.15) is 0 Å². The maximum atomic E-state index is 8.23. The highest BCUT2D eigenvalue weighted by atomic mass is 14.1. The van der Waals surface area contributed by atoms with Crippen LogP contribution in [0, 0.1) is 6.92 Å². The molecule has 0 aromatic heterocycles. The third-order valence-corrected chi connectivity index (χ3v) is 2.93. The van der Waals surface area contributed by atoms with Crippen LogP contribution in [0.5, 0.6) is 0 Å². The average Bonchev–Trinajstić information content (AvgIpc) is 2.36. The van der Waals surface area contributed by atoms with E-state index >= 15 is 0 Å². The number of hydrogen-bond acceptors (Lipinski definition) is 0. The smallest absolute Gasteiger partial charge is 0.0616 e. The van der Waals surface area contributed by atoms with Crippen molar-refractivity contribution >= 4 is 21.5 Å². The topological polar surface area (TPSA) is 0 Å². The van der Waals surface area contributed by atoms with Crippen molar-refractivity contribution in [1.82, 2.24) is 0 Å². The second kappa shape index (κ2) is 3.09. The number of hydrogen-bond donors (Lipinski definition) is 0. The summed E-state index contributed by atoms with van der Waals surface area (Å²) >= 11 is 0. The summed E-state index contributed by atoms with van der Waals surface area (Å²) < 4.78 is 8.23. The van der Waals surface area contributed by atoms with E-state index in [-0.39, 0.29) is 0 Å². The second-order valence-electron chi connectivity index (χ2n) is 3.84. The van der Waals surface area contributed by atoms with Gasteiger partial charge in [0, 0.05) is 0 Å². The van der Waals surface area contributed by atoms with E-state index < -0.39 is 0 Å². The normalized spacial score (nSPS) is 11.9. The SMILES string of the molecule is [3H]c1c2ccccc2c(C)c2ccccc12. The number of fused-ring (bicyclic) bond motifs is 2. The number of benzene rings is 3. The fraction of sp³-hybridized carbons (Fsp3) is 0.0667. The van der Waals surface area contributed by atoms with Gasteiger partial charge in [0.15, 0.2) is 0 Å². The third-order valence-electron chi connectivity index (χ3n) is 2.93. The number of aryl methyl sites for hydroxylation is 1. The predicted molar refractivity (Wildman–Crippen MR) is 66.2 cm³/mol. The maximum absolute atomic E-state index is 8.23. The molecule has 0 nitrogen and oxygen atoms in total. The van der Waals surface area contributed by atoms with Gasteiger partial charge in [-0.25, -0.2) is 0 Å². The van der Waals surface area contributed by atoms with Crippen LogP contribution in [-0.2, 0) is 0 Å². The summed E-state index contributed by atoms with van der Waals surface area (Å²) in [5.74, 6) is 0. The Morgan fingerprint density at radius 1 is 0.800 bits per heavy atom. The van der Waals surface area contributed by atoms with Crippen molar-refractivity contribution in [1.29, 1.82) is 0 Å². The van der Waals surface area contributed by atoms with Gasteiger partial charge in [0.25, 0.3) is 0 Å². The highest BCUT2D eigenvalue weighted by Gasteiger charge is 2.01. The quantitative estimate of drug-likeness (QED) is 0.468. The molecule has 0 aliphatic carbocycles. The lowest BCUT2D eigenvalue weighted by atomic mass is 9.98. The van der Waals surface area contributed by atoms with Crippen LogP contribution in [0.3, 0.4) is 0 Å². The maximum Gasteiger partial charge on any atom is 0.0636 e. The van der Waals surface area contributed by atoms with Crippen molar-refractivity contribution in [3.8, 4) is 0 Å². The Morgan fingerprint density at radius 2 is 1.27 bits per heavy atom. The van der Waals surface area contributed by atoms with Gasteiger partial charge < -0.3 is 0 Å². The molecule has 0 saturated carbocycles. The van der Waals surface area contributed by atoms with E-state index in [1.165, 1.54) is 16.3 Å². The minimum Gasteiger partial charge on any atom is -0.0616 e. The molecule has 0 fully saturated rings.